The highest BCUT2D eigenvalue weighted by atomic mass is 16.6. The summed E-state index contributed by atoms with van der Waals surface area (Å²) >= 11 is 0. The van der Waals surface area contributed by atoms with Crippen LogP contribution in [0.3, 0.4) is 0 Å². The van der Waals surface area contributed by atoms with Crippen LogP contribution in [-0.2, 0) is 4.79 Å². The Morgan fingerprint density at radius 1 is 1.12 bits per heavy atom. The van der Waals surface area contributed by atoms with Gasteiger partial charge >= 0.3 is 0 Å². The maximum absolute atomic E-state index is 12.0. The van der Waals surface area contributed by atoms with Crippen molar-refractivity contribution in [3.63, 3.8) is 0 Å². The van der Waals surface area contributed by atoms with Gasteiger partial charge in [0, 0.05) is 37.1 Å². The van der Waals surface area contributed by atoms with Gasteiger partial charge in [-0.05, 0) is 24.3 Å². The number of nitrogens with zero attached hydrogens (tertiary/aromatic N) is 1. The molecule has 7 nitrogen and oxygen atoms in total. The van der Waals surface area contributed by atoms with Gasteiger partial charge in [-0.25, -0.2) is 0 Å². The van der Waals surface area contributed by atoms with Crippen LogP contribution < -0.4 is 20.1 Å². The molecule has 0 saturated carbocycles. The summed E-state index contributed by atoms with van der Waals surface area (Å²) in [5.41, 5.74) is 1.09. The van der Waals surface area contributed by atoms with Crippen LogP contribution >= 0.6 is 0 Å². The number of carbonyl (C=O) groups excluding carboxylic acids is 2. The van der Waals surface area contributed by atoms with Gasteiger partial charge in [0.25, 0.3) is 5.91 Å². The number of benzene rings is 1. The number of aromatic nitrogens is 1. The topological polar surface area (TPSA) is 89.6 Å². The van der Waals surface area contributed by atoms with Crippen molar-refractivity contribution in [2.24, 2.45) is 0 Å². The molecule has 0 spiro atoms. The molecule has 0 radical (unpaired) electrons. The molecule has 0 unspecified atom stereocenters. The number of pyridine rings is 1. The second-order valence-corrected chi connectivity index (χ2v) is 5.15. The molecule has 1 aromatic heterocycles. The number of ether oxygens (including phenoxy) is 2. The van der Waals surface area contributed by atoms with Crippen LogP contribution in [0.4, 0.5) is 5.69 Å². The van der Waals surface area contributed by atoms with Crippen molar-refractivity contribution in [2.75, 3.05) is 25.1 Å². The second kappa shape index (κ2) is 7.45. The predicted molar refractivity (Wildman–Crippen MR) is 87.2 cm³/mol. The Bertz CT molecular complexity index is 734. The highest BCUT2D eigenvalue weighted by Crippen LogP contribution is 2.32. The zero-order chi connectivity index (χ0) is 16.8. The van der Waals surface area contributed by atoms with E-state index in [4.69, 9.17) is 9.47 Å². The number of anilines is 1. The highest BCUT2D eigenvalue weighted by Gasteiger charge is 2.13. The molecule has 1 aliphatic heterocycles. The van der Waals surface area contributed by atoms with Gasteiger partial charge in [-0.15, -0.1) is 0 Å². The van der Waals surface area contributed by atoms with E-state index < -0.39 is 0 Å². The molecule has 1 aliphatic rings. The monoisotopic (exact) mass is 327 g/mol. The Morgan fingerprint density at radius 3 is 2.75 bits per heavy atom. The number of fused-ring (bicyclic) bond motifs is 1. The van der Waals surface area contributed by atoms with E-state index in [1.807, 2.05) is 0 Å². The molecule has 0 fully saturated rings. The molecule has 2 aromatic rings. The minimum absolute atomic E-state index is 0.167. The zero-order valence-corrected chi connectivity index (χ0v) is 13.0. The second-order valence-electron chi connectivity index (χ2n) is 5.15. The largest absolute Gasteiger partial charge is 0.486 e. The molecule has 1 aromatic carbocycles. The number of hydrogen-bond acceptors (Lipinski definition) is 5. The summed E-state index contributed by atoms with van der Waals surface area (Å²) in [6.45, 7) is 1.25. The first-order valence-electron chi connectivity index (χ1n) is 7.60. The Labute approximate surface area is 139 Å². The predicted octanol–water partition coefficient (Wildman–Crippen LogP) is 1.61. The lowest BCUT2D eigenvalue weighted by molar-refractivity contribution is -0.116. The van der Waals surface area contributed by atoms with Gasteiger partial charge in [-0.2, -0.15) is 0 Å². The van der Waals surface area contributed by atoms with Gasteiger partial charge in [0.05, 0.1) is 5.56 Å². The molecule has 0 saturated heterocycles. The quantitative estimate of drug-likeness (QED) is 0.871. The minimum atomic E-state index is -0.254. The lowest BCUT2D eigenvalue weighted by Crippen LogP contribution is -2.27. The van der Waals surface area contributed by atoms with Crippen LogP contribution in [0.15, 0.2) is 42.7 Å². The highest BCUT2D eigenvalue weighted by molar-refractivity contribution is 5.95. The third-order valence-corrected chi connectivity index (χ3v) is 3.39. The molecule has 0 bridgehead atoms. The van der Waals surface area contributed by atoms with Crippen LogP contribution in [0, 0.1) is 0 Å². The normalized spacial score (nSPS) is 12.3. The van der Waals surface area contributed by atoms with E-state index in [-0.39, 0.29) is 24.8 Å². The van der Waals surface area contributed by atoms with Crippen molar-refractivity contribution in [1.82, 2.24) is 10.3 Å². The molecule has 2 N–H and O–H groups in total. The Hall–Kier alpha value is -3.09. The third kappa shape index (κ3) is 4.01. The van der Waals surface area contributed by atoms with Crippen molar-refractivity contribution >= 4 is 17.5 Å². The summed E-state index contributed by atoms with van der Waals surface area (Å²) in [6, 6.07) is 8.58. The van der Waals surface area contributed by atoms with E-state index in [1.165, 1.54) is 6.20 Å². The van der Waals surface area contributed by atoms with Gasteiger partial charge in [-0.3, -0.25) is 14.6 Å². The molecule has 2 heterocycles. The molecule has 24 heavy (non-hydrogen) atoms. The van der Waals surface area contributed by atoms with E-state index in [0.29, 0.717) is 36.0 Å². The van der Waals surface area contributed by atoms with Crippen molar-refractivity contribution in [3.8, 4) is 11.5 Å². The van der Waals surface area contributed by atoms with Crippen LogP contribution in [0.25, 0.3) is 0 Å². The van der Waals surface area contributed by atoms with Crippen LogP contribution in [0.5, 0.6) is 11.5 Å². The maximum atomic E-state index is 12.0. The van der Waals surface area contributed by atoms with Crippen LogP contribution in [0.2, 0.25) is 0 Å². The molecule has 124 valence electrons. The van der Waals surface area contributed by atoms with Gasteiger partial charge in [0.15, 0.2) is 11.5 Å². The standard InChI is InChI=1S/C17H17N3O4/c21-16(5-7-19-17(22)12-2-1-6-18-11-12)20-13-3-4-14-15(10-13)24-9-8-23-14/h1-4,6,10-11H,5,7-9H2,(H,19,22)(H,20,21). The lowest BCUT2D eigenvalue weighted by atomic mass is 10.2. The van der Waals surface area contributed by atoms with Gasteiger partial charge < -0.3 is 20.1 Å². The van der Waals surface area contributed by atoms with Crippen molar-refractivity contribution < 1.29 is 19.1 Å². The number of carbonyl (C=O) groups is 2. The van der Waals surface area contributed by atoms with E-state index in [1.54, 1.807) is 36.5 Å². The summed E-state index contributed by atoms with van der Waals surface area (Å²) in [5.74, 6) is 0.834. The number of hydrogen-bond donors (Lipinski definition) is 2. The van der Waals surface area contributed by atoms with E-state index in [9.17, 15) is 9.59 Å². The van der Waals surface area contributed by atoms with E-state index in [0.717, 1.165) is 0 Å². The van der Waals surface area contributed by atoms with Crippen LogP contribution in [-0.4, -0.2) is 36.6 Å². The molecule has 0 aliphatic carbocycles. The molecule has 0 atom stereocenters. The lowest BCUT2D eigenvalue weighted by Gasteiger charge is -2.19. The fourth-order valence-corrected chi connectivity index (χ4v) is 2.23. The molecule has 2 amide bonds. The van der Waals surface area contributed by atoms with Crippen molar-refractivity contribution in [3.05, 3.63) is 48.3 Å². The average Bonchev–Trinajstić information content (AvgIpc) is 2.62. The molecular formula is C17H17N3O4. The third-order valence-electron chi connectivity index (χ3n) is 3.39. The number of nitrogens with one attached hydrogen (secondary N) is 2. The fraction of sp³-hybridized carbons (Fsp3) is 0.235. The van der Waals surface area contributed by atoms with Crippen molar-refractivity contribution in [1.29, 1.82) is 0 Å². The first-order chi connectivity index (χ1) is 11.7. The summed E-state index contributed by atoms with van der Waals surface area (Å²) in [4.78, 5) is 27.7. The molecule has 7 heteroatoms. The smallest absolute Gasteiger partial charge is 0.252 e. The fourth-order valence-electron chi connectivity index (χ4n) is 2.23. The average molecular weight is 327 g/mol. The number of amides is 2. The van der Waals surface area contributed by atoms with Crippen molar-refractivity contribution in [2.45, 2.75) is 6.42 Å². The van der Waals surface area contributed by atoms with E-state index >= 15 is 0 Å². The van der Waals surface area contributed by atoms with Crippen LogP contribution in [0.1, 0.15) is 16.8 Å². The van der Waals surface area contributed by atoms with Gasteiger partial charge in [0.1, 0.15) is 13.2 Å². The molecular weight excluding hydrogens is 310 g/mol. The number of rotatable bonds is 5. The molecule has 3 rings (SSSR count). The summed E-state index contributed by atoms with van der Waals surface area (Å²) in [7, 11) is 0. The maximum Gasteiger partial charge on any atom is 0.252 e. The van der Waals surface area contributed by atoms with Gasteiger partial charge in [-0.1, -0.05) is 0 Å². The Kier molecular flexibility index (Phi) is 4.90. The summed E-state index contributed by atoms with van der Waals surface area (Å²) in [5, 5.41) is 5.45. The minimum Gasteiger partial charge on any atom is -0.486 e. The first kappa shape index (κ1) is 15.8. The first-order valence-corrected chi connectivity index (χ1v) is 7.60. The van der Waals surface area contributed by atoms with Gasteiger partial charge in [0.2, 0.25) is 5.91 Å². The van der Waals surface area contributed by atoms with E-state index in [2.05, 4.69) is 15.6 Å². The summed E-state index contributed by atoms with van der Waals surface area (Å²) in [6.07, 6.45) is 3.24. The zero-order valence-electron chi connectivity index (χ0n) is 13.0. The Balaban J connectivity index is 1.47. The summed E-state index contributed by atoms with van der Waals surface area (Å²) < 4.78 is 10.9. The SMILES string of the molecule is O=C(CCNC(=O)c1cccnc1)Nc1ccc2c(c1)OCCO2. The Morgan fingerprint density at radius 2 is 1.96 bits per heavy atom.